The Hall–Kier alpha value is -1.55. The van der Waals surface area contributed by atoms with Gasteiger partial charge in [-0.25, -0.2) is 0 Å². The molecule has 1 aliphatic rings. The number of aryl methyl sites for hydroxylation is 1. The van der Waals surface area contributed by atoms with E-state index in [0.717, 1.165) is 23.5 Å². The molecule has 0 aromatic carbocycles. The highest BCUT2D eigenvalue weighted by atomic mass is 32.1. The van der Waals surface area contributed by atoms with Gasteiger partial charge in [0.2, 0.25) is 0 Å². The number of carbonyl (C=O) groups excluding carboxylic acids is 1. The van der Waals surface area contributed by atoms with Crippen molar-refractivity contribution in [1.29, 1.82) is 0 Å². The van der Waals surface area contributed by atoms with Crippen molar-refractivity contribution in [3.63, 3.8) is 0 Å². The SMILES string of the molecule is Cc1ccsc1C(=O)N1CCn2cccc2C1C. The third-order valence-corrected chi connectivity index (χ3v) is 4.66. The van der Waals surface area contributed by atoms with E-state index >= 15 is 0 Å². The lowest BCUT2D eigenvalue weighted by atomic mass is 10.1. The van der Waals surface area contributed by atoms with E-state index in [2.05, 4.69) is 29.8 Å². The van der Waals surface area contributed by atoms with Gasteiger partial charge >= 0.3 is 0 Å². The Kier molecular flexibility index (Phi) is 2.74. The van der Waals surface area contributed by atoms with Gasteiger partial charge in [-0.05, 0) is 43.0 Å². The molecule has 1 unspecified atom stereocenters. The van der Waals surface area contributed by atoms with Gasteiger partial charge in [0.05, 0.1) is 10.9 Å². The minimum atomic E-state index is 0.155. The molecule has 1 amide bonds. The van der Waals surface area contributed by atoms with Crippen LogP contribution in [0.3, 0.4) is 0 Å². The Morgan fingerprint density at radius 3 is 2.94 bits per heavy atom. The second kappa shape index (κ2) is 4.28. The van der Waals surface area contributed by atoms with Crippen LogP contribution in [0.5, 0.6) is 0 Å². The summed E-state index contributed by atoms with van der Waals surface area (Å²) in [7, 11) is 0. The maximum atomic E-state index is 12.6. The third-order valence-electron chi connectivity index (χ3n) is 3.66. The van der Waals surface area contributed by atoms with E-state index < -0.39 is 0 Å². The Balaban J connectivity index is 1.91. The van der Waals surface area contributed by atoms with E-state index in [1.807, 2.05) is 23.3 Å². The van der Waals surface area contributed by atoms with Crippen LogP contribution < -0.4 is 0 Å². The molecule has 94 valence electrons. The van der Waals surface area contributed by atoms with Crippen molar-refractivity contribution < 1.29 is 4.79 Å². The van der Waals surface area contributed by atoms with E-state index in [-0.39, 0.29) is 11.9 Å². The van der Waals surface area contributed by atoms with E-state index in [9.17, 15) is 4.79 Å². The number of rotatable bonds is 1. The highest BCUT2D eigenvalue weighted by molar-refractivity contribution is 7.12. The maximum absolute atomic E-state index is 12.6. The number of carbonyl (C=O) groups is 1. The minimum Gasteiger partial charge on any atom is -0.348 e. The molecule has 0 saturated heterocycles. The van der Waals surface area contributed by atoms with Gasteiger partial charge in [0.15, 0.2) is 0 Å². The molecule has 0 radical (unpaired) electrons. The first-order chi connectivity index (χ1) is 8.68. The molecular formula is C14H16N2OS. The molecule has 2 aromatic rings. The monoisotopic (exact) mass is 260 g/mol. The van der Waals surface area contributed by atoms with Crippen molar-refractivity contribution in [2.45, 2.75) is 26.4 Å². The van der Waals surface area contributed by atoms with Crippen LogP contribution in [0, 0.1) is 6.92 Å². The van der Waals surface area contributed by atoms with E-state index in [0.29, 0.717) is 0 Å². The van der Waals surface area contributed by atoms with Gasteiger partial charge in [0.1, 0.15) is 0 Å². The van der Waals surface area contributed by atoms with Gasteiger partial charge in [-0.3, -0.25) is 4.79 Å². The van der Waals surface area contributed by atoms with Crippen LogP contribution in [0.4, 0.5) is 0 Å². The second-order valence-corrected chi connectivity index (χ2v) is 5.65. The third kappa shape index (κ3) is 1.68. The number of amides is 1. The topological polar surface area (TPSA) is 25.2 Å². The summed E-state index contributed by atoms with van der Waals surface area (Å²) in [5.41, 5.74) is 2.31. The van der Waals surface area contributed by atoms with E-state index in [1.54, 1.807) is 0 Å². The van der Waals surface area contributed by atoms with Crippen LogP contribution in [0.15, 0.2) is 29.8 Å². The fourth-order valence-corrected chi connectivity index (χ4v) is 3.46. The molecule has 0 bridgehead atoms. The number of hydrogen-bond acceptors (Lipinski definition) is 2. The summed E-state index contributed by atoms with van der Waals surface area (Å²) in [4.78, 5) is 15.4. The predicted molar refractivity (Wildman–Crippen MR) is 72.9 cm³/mol. The van der Waals surface area contributed by atoms with Crippen LogP contribution >= 0.6 is 11.3 Å². The van der Waals surface area contributed by atoms with Crippen LogP contribution in [0.2, 0.25) is 0 Å². The van der Waals surface area contributed by atoms with Crippen molar-refractivity contribution in [2.75, 3.05) is 6.54 Å². The first-order valence-electron chi connectivity index (χ1n) is 6.18. The smallest absolute Gasteiger partial charge is 0.264 e. The zero-order valence-corrected chi connectivity index (χ0v) is 11.4. The molecule has 0 spiro atoms. The molecule has 0 fully saturated rings. The molecular weight excluding hydrogens is 244 g/mol. The van der Waals surface area contributed by atoms with Crippen LogP contribution in [0.1, 0.15) is 33.9 Å². The Morgan fingerprint density at radius 2 is 2.22 bits per heavy atom. The Labute approximate surface area is 111 Å². The minimum absolute atomic E-state index is 0.155. The second-order valence-electron chi connectivity index (χ2n) is 4.73. The largest absolute Gasteiger partial charge is 0.348 e. The first kappa shape index (κ1) is 11.5. The van der Waals surface area contributed by atoms with Crippen molar-refractivity contribution in [3.8, 4) is 0 Å². The van der Waals surface area contributed by atoms with Gasteiger partial charge in [-0.1, -0.05) is 0 Å². The first-order valence-corrected chi connectivity index (χ1v) is 7.06. The predicted octanol–water partition coefficient (Wildman–Crippen LogP) is 3.08. The number of aromatic nitrogens is 1. The Bertz CT molecular complexity index is 584. The van der Waals surface area contributed by atoms with Crippen LogP contribution in [0.25, 0.3) is 0 Å². The van der Waals surface area contributed by atoms with E-state index in [1.165, 1.54) is 17.0 Å². The number of fused-ring (bicyclic) bond motifs is 1. The van der Waals surface area contributed by atoms with Crippen molar-refractivity contribution >= 4 is 17.2 Å². The van der Waals surface area contributed by atoms with Crippen LogP contribution in [-0.2, 0) is 6.54 Å². The average Bonchev–Trinajstić information content (AvgIpc) is 2.97. The molecule has 3 heterocycles. The van der Waals surface area contributed by atoms with Gasteiger partial charge in [0.25, 0.3) is 5.91 Å². The average molecular weight is 260 g/mol. The fourth-order valence-electron chi connectivity index (χ4n) is 2.58. The van der Waals surface area contributed by atoms with Crippen molar-refractivity contribution in [2.24, 2.45) is 0 Å². The zero-order chi connectivity index (χ0) is 12.7. The molecule has 0 N–H and O–H groups in total. The lowest BCUT2D eigenvalue weighted by Gasteiger charge is -2.34. The molecule has 1 aliphatic heterocycles. The van der Waals surface area contributed by atoms with Gasteiger partial charge < -0.3 is 9.47 Å². The molecule has 3 nitrogen and oxygen atoms in total. The standard InChI is InChI=1S/C14H16N2OS/c1-10-5-9-18-13(10)14(17)16-8-7-15-6-3-4-12(15)11(16)2/h3-6,9,11H,7-8H2,1-2H3. The Morgan fingerprint density at radius 1 is 1.39 bits per heavy atom. The van der Waals surface area contributed by atoms with E-state index in [4.69, 9.17) is 0 Å². The summed E-state index contributed by atoms with van der Waals surface area (Å²) in [5.74, 6) is 0.169. The van der Waals surface area contributed by atoms with Gasteiger partial charge in [-0.15, -0.1) is 11.3 Å². The lowest BCUT2D eigenvalue weighted by Crippen LogP contribution is -2.40. The summed E-state index contributed by atoms with van der Waals surface area (Å²) >= 11 is 1.54. The molecule has 2 aromatic heterocycles. The van der Waals surface area contributed by atoms with Crippen LogP contribution in [-0.4, -0.2) is 21.9 Å². The quantitative estimate of drug-likeness (QED) is 0.773. The molecule has 0 saturated carbocycles. The summed E-state index contributed by atoms with van der Waals surface area (Å²) in [6.07, 6.45) is 2.09. The molecule has 18 heavy (non-hydrogen) atoms. The highest BCUT2D eigenvalue weighted by Gasteiger charge is 2.29. The fraction of sp³-hybridized carbons (Fsp3) is 0.357. The number of thiophene rings is 1. The van der Waals surface area contributed by atoms with Crippen molar-refractivity contribution in [1.82, 2.24) is 9.47 Å². The number of hydrogen-bond donors (Lipinski definition) is 0. The zero-order valence-electron chi connectivity index (χ0n) is 10.6. The molecule has 0 aliphatic carbocycles. The molecule has 4 heteroatoms. The summed E-state index contributed by atoms with van der Waals surface area (Å²) in [6, 6.07) is 6.32. The van der Waals surface area contributed by atoms with Gasteiger partial charge in [-0.2, -0.15) is 0 Å². The summed E-state index contributed by atoms with van der Waals surface area (Å²) in [6.45, 7) is 5.79. The molecule has 3 rings (SSSR count). The maximum Gasteiger partial charge on any atom is 0.264 e. The lowest BCUT2D eigenvalue weighted by molar-refractivity contribution is 0.0648. The summed E-state index contributed by atoms with van der Waals surface area (Å²) < 4.78 is 2.23. The van der Waals surface area contributed by atoms with Crippen molar-refractivity contribution in [3.05, 3.63) is 45.9 Å². The normalized spacial score (nSPS) is 18.8. The summed E-state index contributed by atoms with van der Waals surface area (Å²) in [5, 5.41) is 1.99. The molecule has 1 atom stereocenters. The number of nitrogens with zero attached hydrogens (tertiary/aromatic N) is 2. The van der Waals surface area contributed by atoms with Gasteiger partial charge in [0, 0.05) is 25.0 Å². The highest BCUT2D eigenvalue weighted by Crippen LogP contribution is 2.28.